The summed E-state index contributed by atoms with van der Waals surface area (Å²) < 4.78 is 7.84. The Bertz CT molecular complexity index is 309. The van der Waals surface area contributed by atoms with Gasteiger partial charge in [-0.15, -0.1) is 0 Å². The van der Waals surface area contributed by atoms with Crippen LogP contribution in [0.5, 0.6) is 5.88 Å². The van der Waals surface area contributed by atoms with E-state index in [1.807, 2.05) is 7.05 Å². The third kappa shape index (κ3) is 2.48. The van der Waals surface area contributed by atoms with Crippen LogP contribution in [0.1, 0.15) is 19.5 Å². The molecule has 0 saturated heterocycles. The van der Waals surface area contributed by atoms with Crippen LogP contribution in [0.3, 0.4) is 0 Å². The van der Waals surface area contributed by atoms with E-state index in [4.69, 9.17) is 4.74 Å². The maximum Gasteiger partial charge on any atom is 0.226 e. The molecule has 1 rings (SSSR count). The van der Waals surface area contributed by atoms with Gasteiger partial charge in [0.15, 0.2) is 0 Å². The predicted molar refractivity (Wildman–Crippen MR) is 59.4 cm³/mol. The van der Waals surface area contributed by atoms with Gasteiger partial charge in [0.05, 0.1) is 12.8 Å². The second-order valence-electron chi connectivity index (χ2n) is 3.43. The fourth-order valence-corrected chi connectivity index (χ4v) is 1.81. The van der Waals surface area contributed by atoms with Crippen molar-refractivity contribution in [1.82, 2.24) is 15.1 Å². The lowest BCUT2D eigenvalue weighted by atomic mass is 10.3. The lowest BCUT2D eigenvalue weighted by molar-refractivity contribution is 0.371. The van der Waals surface area contributed by atoms with Crippen molar-refractivity contribution in [3.63, 3.8) is 0 Å². The summed E-state index contributed by atoms with van der Waals surface area (Å²) in [4.78, 5) is 0. The predicted octanol–water partition coefficient (Wildman–Crippen LogP) is 1.69. The normalized spacial score (nSPS) is 11.0. The smallest absolute Gasteiger partial charge is 0.226 e. The molecule has 0 aliphatic heterocycles. The molecule has 0 unspecified atom stereocenters. The maximum atomic E-state index is 5.19. The molecule has 80 valence electrons. The van der Waals surface area contributed by atoms with E-state index in [-0.39, 0.29) is 0 Å². The zero-order valence-electron chi connectivity index (χ0n) is 8.97. The third-order valence-corrected chi connectivity index (χ3v) is 2.67. The Labute approximate surface area is 92.8 Å². The summed E-state index contributed by atoms with van der Waals surface area (Å²) in [6.45, 7) is 4.96. The second kappa shape index (κ2) is 4.79. The number of hydrogen-bond acceptors (Lipinski definition) is 3. The van der Waals surface area contributed by atoms with E-state index in [9.17, 15) is 0 Å². The molecule has 0 aliphatic carbocycles. The second-order valence-corrected chi connectivity index (χ2v) is 4.22. The molecule has 1 heterocycles. The van der Waals surface area contributed by atoms with E-state index in [1.54, 1.807) is 11.8 Å². The van der Waals surface area contributed by atoms with E-state index in [0.717, 1.165) is 22.6 Å². The summed E-state index contributed by atoms with van der Waals surface area (Å²) in [5.41, 5.74) is 0.970. The number of rotatable bonds is 4. The van der Waals surface area contributed by atoms with Crippen LogP contribution in [0.2, 0.25) is 0 Å². The van der Waals surface area contributed by atoms with Crippen molar-refractivity contribution in [2.45, 2.75) is 26.4 Å². The van der Waals surface area contributed by atoms with Gasteiger partial charge < -0.3 is 10.1 Å². The molecule has 0 atom stereocenters. The molecule has 1 N–H and O–H groups in total. The fraction of sp³-hybridized carbons (Fsp3) is 0.667. The Hall–Kier alpha value is -0.550. The summed E-state index contributed by atoms with van der Waals surface area (Å²) in [6.07, 6.45) is 0. The first kappa shape index (κ1) is 11.5. The van der Waals surface area contributed by atoms with Crippen molar-refractivity contribution in [1.29, 1.82) is 0 Å². The molecule has 0 radical (unpaired) electrons. The van der Waals surface area contributed by atoms with E-state index in [2.05, 4.69) is 40.2 Å². The summed E-state index contributed by atoms with van der Waals surface area (Å²) in [5, 5.41) is 7.64. The summed E-state index contributed by atoms with van der Waals surface area (Å²) in [5.74, 6) is 0.755. The number of nitrogens with zero attached hydrogens (tertiary/aromatic N) is 2. The number of aromatic nitrogens is 2. The van der Waals surface area contributed by atoms with Gasteiger partial charge in [0.1, 0.15) is 4.47 Å². The van der Waals surface area contributed by atoms with Crippen LogP contribution in [-0.4, -0.2) is 22.9 Å². The van der Waals surface area contributed by atoms with Gasteiger partial charge in [-0.1, -0.05) is 13.8 Å². The summed E-state index contributed by atoms with van der Waals surface area (Å²) in [6, 6.07) is 0.454. The molecule has 4 nitrogen and oxygen atoms in total. The van der Waals surface area contributed by atoms with Gasteiger partial charge in [-0.25, -0.2) is 4.68 Å². The van der Waals surface area contributed by atoms with Gasteiger partial charge in [0.25, 0.3) is 0 Å². The first-order chi connectivity index (χ1) is 6.56. The average molecular weight is 262 g/mol. The Morgan fingerprint density at radius 3 is 2.64 bits per heavy atom. The van der Waals surface area contributed by atoms with E-state index in [0.29, 0.717) is 6.04 Å². The third-order valence-electron chi connectivity index (χ3n) is 1.88. The Morgan fingerprint density at radius 2 is 2.21 bits per heavy atom. The Morgan fingerprint density at radius 1 is 1.57 bits per heavy atom. The van der Waals surface area contributed by atoms with Crippen molar-refractivity contribution in [2.75, 3.05) is 7.11 Å². The Balaban J connectivity index is 2.78. The van der Waals surface area contributed by atoms with Crippen LogP contribution in [0.15, 0.2) is 4.47 Å². The van der Waals surface area contributed by atoms with Crippen LogP contribution in [-0.2, 0) is 13.6 Å². The van der Waals surface area contributed by atoms with Gasteiger partial charge in [-0.3, -0.25) is 0 Å². The highest BCUT2D eigenvalue weighted by Gasteiger charge is 2.13. The van der Waals surface area contributed by atoms with Crippen molar-refractivity contribution in [3.8, 4) is 5.88 Å². The maximum absolute atomic E-state index is 5.19. The van der Waals surface area contributed by atoms with Gasteiger partial charge in [-0.2, -0.15) is 5.10 Å². The van der Waals surface area contributed by atoms with Gasteiger partial charge in [0.2, 0.25) is 5.88 Å². The van der Waals surface area contributed by atoms with Gasteiger partial charge in [-0.05, 0) is 15.9 Å². The highest BCUT2D eigenvalue weighted by atomic mass is 79.9. The SMILES string of the molecule is COc1c(Br)c(CNC(C)C)nn1C. The fourth-order valence-electron chi connectivity index (χ4n) is 1.17. The number of halogens is 1. The van der Waals surface area contributed by atoms with Crippen molar-refractivity contribution >= 4 is 15.9 Å². The number of methoxy groups -OCH3 is 1. The van der Waals surface area contributed by atoms with Gasteiger partial charge >= 0.3 is 0 Å². The van der Waals surface area contributed by atoms with Crippen LogP contribution >= 0.6 is 15.9 Å². The molecular formula is C9H16BrN3O. The molecule has 0 spiro atoms. The van der Waals surface area contributed by atoms with Crippen molar-refractivity contribution in [3.05, 3.63) is 10.2 Å². The minimum absolute atomic E-state index is 0.454. The van der Waals surface area contributed by atoms with Crippen LogP contribution < -0.4 is 10.1 Å². The molecule has 14 heavy (non-hydrogen) atoms. The van der Waals surface area contributed by atoms with E-state index < -0.39 is 0 Å². The molecular weight excluding hydrogens is 246 g/mol. The van der Waals surface area contributed by atoms with Gasteiger partial charge in [0, 0.05) is 19.6 Å². The van der Waals surface area contributed by atoms with Crippen LogP contribution in [0, 0.1) is 0 Å². The topological polar surface area (TPSA) is 39.1 Å². The largest absolute Gasteiger partial charge is 0.480 e. The Kier molecular flexibility index (Phi) is 3.95. The average Bonchev–Trinajstić information content (AvgIpc) is 2.38. The van der Waals surface area contributed by atoms with Crippen LogP contribution in [0.4, 0.5) is 0 Å². The molecule has 0 bridgehead atoms. The van der Waals surface area contributed by atoms with E-state index >= 15 is 0 Å². The minimum atomic E-state index is 0.454. The zero-order chi connectivity index (χ0) is 10.7. The molecule has 5 heteroatoms. The lowest BCUT2D eigenvalue weighted by Gasteiger charge is -2.05. The molecule has 0 aliphatic rings. The first-order valence-corrected chi connectivity index (χ1v) is 5.34. The molecule has 0 amide bonds. The monoisotopic (exact) mass is 261 g/mol. The number of nitrogens with one attached hydrogen (secondary N) is 1. The molecule has 0 aromatic carbocycles. The van der Waals surface area contributed by atoms with E-state index in [1.165, 1.54) is 0 Å². The highest BCUT2D eigenvalue weighted by Crippen LogP contribution is 2.27. The molecule has 0 fully saturated rings. The lowest BCUT2D eigenvalue weighted by Crippen LogP contribution is -2.22. The molecule has 1 aromatic rings. The van der Waals surface area contributed by atoms with Crippen molar-refractivity contribution in [2.24, 2.45) is 7.05 Å². The zero-order valence-corrected chi connectivity index (χ0v) is 10.6. The van der Waals surface area contributed by atoms with Crippen molar-refractivity contribution < 1.29 is 4.74 Å². The molecule has 0 saturated carbocycles. The van der Waals surface area contributed by atoms with Crippen LogP contribution in [0.25, 0.3) is 0 Å². The highest BCUT2D eigenvalue weighted by molar-refractivity contribution is 9.10. The minimum Gasteiger partial charge on any atom is -0.480 e. The number of aryl methyl sites for hydroxylation is 1. The first-order valence-electron chi connectivity index (χ1n) is 4.55. The quantitative estimate of drug-likeness (QED) is 0.897. The number of hydrogen-bond donors (Lipinski definition) is 1. The number of ether oxygens (including phenoxy) is 1. The standard InChI is InChI=1S/C9H16BrN3O/c1-6(2)11-5-7-8(10)9(14-4)13(3)12-7/h6,11H,5H2,1-4H3. The summed E-state index contributed by atoms with van der Waals surface area (Å²) in [7, 11) is 3.50. The summed E-state index contributed by atoms with van der Waals surface area (Å²) >= 11 is 3.46. The molecule has 1 aromatic heterocycles.